The Bertz CT molecular complexity index is 327. The molecule has 0 spiro atoms. The minimum absolute atomic E-state index is 0.0202. The largest absolute Gasteiger partial charge is 0.691 e. The summed E-state index contributed by atoms with van der Waals surface area (Å²) in [5.41, 5.74) is 0. The number of rotatable bonds is 2. The third kappa shape index (κ3) is 2.89. The maximum absolute atomic E-state index is 11.2. The van der Waals surface area contributed by atoms with Gasteiger partial charge in [0.2, 0.25) is 0 Å². The fourth-order valence-electron chi connectivity index (χ4n) is 0.863. The number of nitrogens with one attached hydrogen (secondary N) is 2. The Hall–Kier alpha value is -1.85. The highest BCUT2D eigenvalue weighted by molar-refractivity contribution is 5.87. The van der Waals surface area contributed by atoms with Gasteiger partial charge in [-0.2, -0.15) is 5.32 Å². The Kier molecular flexibility index (Phi) is 3.22. The Balaban J connectivity index is 2.61. The third-order valence-electron chi connectivity index (χ3n) is 1.38. The van der Waals surface area contributed by atoms with E-state index in [9.17, 15) is 10.0 Å². The Labute approximate surface area is 81.5 Å². The second-order valence-electron chi connectivity index (χ2n) is 3.03. The van der Waals surface area contributed by atoms with Crippen molar-refractivity contribution in [1.82, 2.24) is 10.4 Å². The lowest BCUT2D eigenvalue weighted by Crippen LogP contribution is -2.41. The number of carbonyl (C=O) groups excluding carboxylic acids is 1. The molecule has 0 aromatic carbocycles. The summed E-state index contributed by atoms with van der Waals surface area (Å²) in [7, 11) is 0. The van der Waals surface area contributed by atoms with Gasteiger partial charge in [0.15, 0.2) is 0 Å². The van der Waals surface area contributed by atoms with Crippen LogP contribution in [0.3, 0.4) is 0 Å². The lowest BCUT2D eigenvalue weighted by atomic mass is 10.4. The van der Waals surface area contributed by atoms with Crippen LogP contribution in [-0.4, -0.2) is 17.2 Å². The molecular weight excluding hydrogens is 184 g/mol. The maximum Gasteiger partial charge on any atom is 0.406 e. The van der Waals surface area contributed by atoms with Gasteiger partial charge in [-0.25, -0.2) is 4.79 Å². The molecule has 0 saturated carbocycles. The second kappa shape index (κ2) is 4.40. The van der Waals surface area contributed by atoms with Crippen LogP contribution in [0.25, 0.3) is 0 Å². The molecule has 0 bridgehead atoms. The second-order valence-corrected chi connectivity index (χ2v) is 3.03. The van der Waals surface area contributed by atoms with E-state index in [1.54, 1.807) is 6.07 Å². The van der Waals surface area contributed by atoms with E-state index in [1.807, 2.05) is 13.8 Å². The first kappa shape index (κ1) is 10.2. The van der Waals surface area contributed by atoms with E-state index in [0.29, 0.717) is 4.85 Å². The van der Waals surface area contributed by atoms with Crippen molar-refractivity contribution in [1.29, 1.82) is 0 Å². The molecule has 14 heavy (non-hydrogen) atoms. The van der Waals surface area contributed by atoms with E-state index in [2.05, 4.69) is 15.7 Å². The first-order chi connectivity index (χ1) is 6.59. The lowest BCUT2D eigenvalue weighted by Gasteiger charge is -2.07. The van der Waals surface area contributed by atoms with E-state index in [4.69, 9.17) is 0 Å². The molecule has 1 aromatic rings. The van der Waals surface area contributed by atoms with Crippen molar-refractivity contribution in [2.45, 2.75) is 19.9 Å². The van der Waals surface area contributed by atoms with Crippen LogP contribution >= 0.6 is 0 Å². The van der Waals surface area contributed by atoms with Crippen molar-refractivity contribution < 1.29 is 9.64 Å². The van der Waals surface area contributed by atoms with E-state index in [0.717, 1.165) is 0 Å². The monoisotopic (exact) mass is 196 g/mol. The summed E-state index contributed by atoms with van der Waals surface area (Å²) in [6.45, 7) is 3.65. The highest BCUT2D eigenvalue weighted by Gasteiger charge is 2.11. The van der Waals surface area contributed by atoms with Gasteiger partial charge in [-0.3, -0.25) is 0 Å². The van der Waals surface area contributed by atoms with Crippen molar-refractivity contribution in [3.63, 3.8) is 0 Å². The first-order valence-electron chi connectivity index (χ1n) is 4.22. The van der Waals surface area contributed by atoms with Crippen molar-refractivity contribution >= 4 is 11.8 Å². The van der Waals surface area contributed by atoms with Gasteiger partial charge < -0.3 is 10.5 Å². The average Bonchev–Trinajstić information content (AvgIpc) is 2.07. The standard InChI is InChI=1S/C8H12N4O2/c1-6(2)10-8(13)11-7-4-3-5-9-12(7)14/h3-6H,1-2H3,(H2,10,11,13). The molecule has 76 valence electrons. The number of hydrogen-bond donors (Lipinski definition) is 2. The van der Waals surface area contributed by atoms with Crippen LogP contribution in [0.1, 0.15) is 13.8 Å². The zero-order valence-corrected chi connectivity index (χ0v) is 8.02. The van der Waals surface area contributed by atoms with E-state index in [1.165, 1.54) is 12.3 Å². The molecule has 6 heteroatoms. The van der Waals surface area contributed by atoms with Gasteiger partial charge in [-0.15, -0.1) is 4.85 Å². The van der Waals surface area contributed by atoms with Crippen molar-refractivity contribution in [3.05, 3.63) is 23.5 Å². The van der Waals surface area contributed by atoms with Gasteiger partial charge in [0.1, 0.15) is 0 Å². The molecule has 1 aromatic heterocycles. The van der Waals surface area contributed by atoms with Crippen LogP contribution in [0.5, 0.6) is 0 Å². The maximum atomic E-state index is 11.2. The molecule has 2 amide bonds. The number of hydrogen-bond acceptors (Lipinski definition) is 3. The number of carbonyl (C=O) groups is 1. The number of amides is 2. The molecule has 0 unspecified atom stereocenters. The number of aromatic nitrogens is 2. The Morgan fingerprint density at radius 3 is 2.93 bits per heavy atom. The number of urea groups is 1. The number of nitrogens with zero attached hydrogens (tertiary/aromatic N) is 2. The SMILES string of the molecule is CC(C)NC(=O)Nc1cccn[n+]1[O-]. The fourth-order valence-corrected chi connectivity index (χ4v) is 0.863. The minimum atomic E-state index is -0.419. The predicted molar refractivity (Wildman–Crippen MR) is 50.5 cm³/mol. The molecule has 0 aliphatic heterocycles. The van der Waals surface area contributed by atoms with Gasteiger partial charge in [0.25, 0.3) is 0 Å². The van der Waals surface area contributed by atoms with E-state index >= 15 is 0 Å². The van der Waals surface area contributed by atoms with Crippen LogP contribution in [-0.2, 0) is 0 Å². The molecular formula is C8H12N4O2. The van der Waals surface area contributed by atoms with Crippen molar-refractivity contribution in [2.24, 2.45) is 0 Å². The van der Waals surface area contributed by atoms with Crippen LogP contribution in [0.2, 0.25) is 0 Å². The highest BCUT2D eigenvalue weighted by atomic mass is 16.5. The van der Waals surface area contributed by atoms with Crippen LogP contribution in [0, 0.1) is 5.21 Å². The zero-order chi connectivity index (χ0) is 10.6. The van der Waals surface area contributed by atoms with Crippen molar-refractivity contribution in [3.8, 4) is 0 Å². The molecule has 6 nitrogen and oxygen atoms in total. The number of anilines is 1. The topological polar surface area (TPSA) is 81.0 Å². The normalized spacial score (nSPS) is 9.93. The van der Waals surface area contributed by atoms with Crippen LogP contribution in [0.4, 0.5) is 10.6 Å². The molecule has 1 heterocycles. The molecule has 0 aliphatic rings. The summed E-state index contributed by atoms with van der Waals surface area (Å²) >= 11 is 0. The quantitative estimate of drug-likeness (QED) is 0.525. The van der Waals surface area contributed by atoms with Gasteiger partial charge >= 0.3 is 11.8 Å². The highest BCUT2D eigenvalue weighted by Crippen LogP contribution is 1.95. The summed E-state index contributed by atoms with van der Waals surface area (Å²) in [4.78, 5) is 11.5. The summed E-state index contributed by atoms with van der Waals surface area (Å²) in [5.74, 6) is 0.102. The van der Waals surface area contributed by atoms with Gasteiger partial charge in [-0.05, 0) is 19.9 Å². The molecule has 0 radical (unpaired) electrons. The summed E-state index contributed by atoms with van der Waals surface area (Å²) in [5, 5.41) is 19.4. The van der Waals surface area contributed by atoms with E-state index < -0.39 is 6.03 Å². The molecule has 0 fully saturated rings. The molecule has 0 saturated heterocycles. The lowest BCUT2D eigenvalue weighted by molar-refractivity contribution is -0.654. The third-order valence-corrected chi connectivity index (χ3v) is 1.38. The summed E-state index contributed by atoms with van der Waals surface area (Å²) < 4.78 is 0. The van der Waals surface area contributed by atoms with Gasteiger partial charge in [-0.1, -0.05) is 5.10 Å². The van der Waals surface area contributed by atoms with Crippen molar-refractivity contribution in [2.75, 3.05) is 5.32 Å². The van der Waals surface area contributed by atoms with Gasteiger partial charge in [0.05, 0.1) is 6.20 Å². The summed E-state index contributed by atoms with van der Waals surface area (Å²) in [6, 6.07) is 2.64. The fraction of sp³-hybridized carbons (Fsp3) is 0.375. The molecule has 0 aliphatic carbocycles. The summed E-state index contributed by atoms with van der Waals surface area (Å²) in [6.07, 6.45) is 1.35. The van der Waals surface area contributed by atoms with Crippen LogP contribution in [0.15, 0.2) is 18.3 Å². The molecule has 1 rings (SSSR count). The zero-order valence-electron chi connectivity index (χ0n) is 8.02. The Morgan fingerprint density at radius 2 is 2.36 bits per heavy atom. The average molecular weight is 196 g/mol. The smallest absolute Gasteiger partial charge is 0.406 e. The van der Waals surface area contributed by atoms with E-state index in [-0.39, 0.29) is 11.9 Å². The molecule has 0 atom stereocenters. The van der Waals surface area contributed by atoms with Crippen LogP contribution < -0.4 is 15.5 Å². The first-order valence-corrected chi connectivity index (χ1v) is 4.22. The Morgan fingerprint density at radius 1 is 1.64 bits per heavy atom. The predicted octanol–water partition coefficient (Wildman–Crippen LogP) is 0.245. The van der Waals surface area contributed by atoms with Gasteiger partial charge in [0, 0.05) is 12.1 Å². The molecule has 2 N–H and O–H groups in total. The minimum Gasteiger partial charge on any atom is -0.691 e.